The number of aryl methyl sites for hydroxylation is 1. The van der Waals surface area contributed by atoms with Crippen molar-refractivity contribution in [1.29, 1.82) is 0 Å². The summed E-state index contributed by atoms with van der Waals surface area (Å²) >= 11 is 0. The van der Waals surface area contributed by atoms with Crippen LogP contribution in [0, 0.1) is 0 Å². The molecule has 0 radical (unpaired) electrons. The van der Waals surface area contributed by atoms with Crippen LogP contribution in [-0.2, 0) is 16.4 Å². The van der Waals surface area contributed by atoms with E-state index in [0.29, 0.717) is 6.42 Å². The van der Waals surface area contributed by atoms with Crippen LogP contribution in [0.3, 0.4) is 0 Å². The number of nitrogens with one attached hydrogen (secondary N) is 1. The van der Waals surface area contributed by atoms with E-state index in [2.05, 4.69) is 4.72 Å². The summed E-state index contributed by atoms with van der Waals surface area (Å²) in [6.07, 6.45) is 0.878. The zero-order valence-electron chi connectivity index (χ0n) is 14.1. The molecule has 5 heteroatoms. The second-order valence-electron chi connectivity index (χ2n) is 6.04. The van der Waals surface area contributed by atoms with Crippen LogP contribution >= 0.6 is 0 Å². The Bertz CT molecular complexity index is 725. The van der Waals surface area contributed by atoms with Crippen LogP contribution in [0.15, 0.2) is 59.5 Å². The number of benzene rings is 2. The summed E-state index contributed by atoms with van der Waals surface area (Å²) in [5, 5.41) is 9.71. The SMILES string of the molecule is CCc1ccc(S(=O)(=O)NCC(CC(C)O)c2ccccc2)cc1. The normalized spacial score (nSPS) is 14.3. The standard InChI is InChI=1S/C19H25NO3S/c1-3-16-9-11-19(12-10-16)24(22,23)20-14-18(13-15(2)21)17-7-5-4-6-8-17/h4-12,15,18,20-21H,3,13-14H2,1-2H3. The first kappa shape index (κ1) is 18.6. The van der Waals surface area contributed by atoms with Gasteiger partial charge >= 0.3 is 0 Å². The molecule has 0 amide bonds. The monoisotopic (exact) mass is 347 g/mol. The Balaban J connectivity index is 2.12. The number of aliphatic hydroxyl groups is 1. The van der Waals surface area contributed by atoms with E-state index in [1.54, 1.807) is 19.1 Å². The molecule has 0 aromatic heterocycles. The number of rotatable bonds is 8. The van der Waals surface area contributed by atoms with Crippen molar-refractivity contribution in [3.63, 3.8) is 0 Å². The van der Waals surface area contributed by atoms with Crippen LogP contribution in [0.5, 0.6) is 0 Å². The van der Waals surface area contributed by atoms with E-state index in [1.165, 1.54) is 0 Å². The topological polar surface area (TPSA) is 66.4 Å². The first-order valence-electron chi connectivity index (χ1n) is 8.24. The van der Waals surface area contributed by atoms with Gasteiger partial charge in [0.25, 0.3) is 0 Å². The zero-order chi connectivity index (χ0) is 17.6. The number of sulfonamides is 1. The highest BCUT2D eigenvalue weighted by atomic mass is 32.2. The summed E-state index contributed by atoms with van der Waals surface area (Å²) in [6.45, 7) is 4.00. The maximum atomic E-state index is 12.5. The smallest absolute Gasteiger partial charge is 0.240 e. The third-order valence-electron chi connectivity index (χ3n) is 4.06. The van der Waals surface area contributed by atoms with Crippen molar-refractivity contribution in [2.45, 2.75) is 43.6 Å². The van der Waals surface area contributed by atoms with Gasteiger partial charge in [0, 0.05) is 6.54 Å². The molecule has 0 aliphatic rings. The Hall–Kier alpha value is -1.69. The van der Waals surface area contributed by atoms with E-state index in [-0.39, 0.29) is 17.4 Å². The zero-order valence-corrected chi connectivity index (χ0v) is 15.0. The van der Waals surface area contributed by atoms with Gasteiger partial charge in [0.05, 0.1) is 11.0 Å². The fraction of sp³-hybridized carbons (Fsp3) is 0.368. The molecule has 2 atom stereocenters. The number of aliphatic hydroxyl groups excluding tert-OH is 1. The number of hydrogen-bond acceptors (Lipinski definition) is 3. The molecule has 2 aromatic rings. The predicted molar refractivity (Wildman–Crippen MR) is 96.5 cm³/mol. The quantitative estimate of drug-likeness (QED) is 0.771. The fourth-order valence-corrected chi connectivity index (χ4v) is 3.75. The fourth-order valence-electron chi connectivity index (χ4n) is 2.67. The van der Waals surface area contributed by atoms with Gasteiger partial charge < -0.3 is 5.11 Å². The highest BCUT2D eigenvalue weighted by Crippen LogP contribution is 2.21. The van der Waals surface area contributed by atoms with E-state index < -0.39 is 16.1 Å². The van der Waals surface area contributed by atoms with Crippen molar-refractivity contribution in [3.8, 4) is 0 Å². The van der Waals surface area contributed by atoms with E-state index in [0.717, 1.165) is 17.5 Å². The van der Waals surface area contributed by atoms with Gasteiger partial charge in [-0.2, -0.15) is 0 Å². The van der Waals surface area contributed by atoms with Gasteiger partial charge in [0.2, 0.25) is 10.0 Å². The third-order valence-corrected chi connectivity index (χ3v) is 5.50. The van der Waals surface area contributed by atoms with Gasteiger partial charge in [-0.1, -0.05) is 49.4 Å². The first-order valence-corrected chi connectivity index (χ1v) is 9.72. The Morgan fingerprint density at radius 3 is 2.21 bits per heavy atom. The van der Waals surface area contributed by atoms with Gasteiger partial charge in [-0.15, -0.1) is 0 Å². The summed E-state index contributed by atoms with van der Waals surface area (Å²) in [4.78, 5) is 0.267. The molecular formula is C19H25NO3S. The highest BCUT2D eigenvalue weighted by molar-refractivity contribution is 7.89. The van der Waals surface area contributed by atoms with E-state index in [1.807, 2.05) is 49.4 Å². The Labute approximate surface area is 144 Å². The lowest BCUT2D eigenvalue weighted by molar-refractivity contribution is 0.174. The molecule has 24 heavy (non-hydrogen) atoms. The molecule has 2 aromatic carbocycles. The molecule has 0 aliphatic heterocycles. The molecule has 0 fully saturated rings. The minimum atomic E-state index is -3.56. The predicted octanol–water partition coefficient (Wildman–Crippen LogP) is 3.08. The Kier molecular flexibility index (Phi) is 6.54. The highest BCUT2D eigenvalue weighted by Gasteiger charge is 2.19. The van der Waals surface area contributed by atoms with E-state index in [4.69, 9.17) is 0 Å². The molecule has 0 aliphatic carbocycles. The Morgan fingerprint density at radius 1 is 1.04 bits per heavy atom. The summed E-state index contributed by atoms with van der Waals surface area (Å²) in [6, 6.07) is 16.6. The maximum absolute atomic E-state index is 12.5. The molecule has 0 bridgehead atoms. The van der Waals surface area contributed by atoms with Crippen LogP contribution in [0.2, 0.25) is 0 Å². The molecule has 0 heterocycles. The van der Waals surface area contributed by atoms with Crippen molar-refractivity contribution in [1.82, 2.24) is 4.72 Å². The molecule has 0 saturated heterocycles. The van der Waals surface area contributed by atoms with Crippen LogP contribution in [-0.4, -0.2) is 26.2 Å². The Morgan fingerprint density at radius 2 is 1.67 bits per heavy atom. The summed E-state index contributed by atoms with van der Waals surface area (Å²) in [7, 11) is -3.56. The second kappa shape index (κ2) is 8.42. The molecule has 130 valence electrons. The van der Waals surface area contributed by atoms with E-state index >= 15 is 0 Å². The molecule has 4 nitrogen and oxygen atoms in total. The van der Waals surface area contributed by atoms with Crippen LogP contribution in [0.25, 0.3) is 0 Å². The summed E-state index contributed by atoms with van der Waals surface area (Å²) < 4.78 is 27.6. The summed E-state index contributed by atoms with van der Waals surface area (Å²) in [5.74, 6) is -0.0732. The molecule has 2 unspecified atom stereocenters. The van der Waals surface area contributed by atoms with Gasteiger partial charge in [-0.05, 0) is 48.9 Å². The van der Waals surface area contributed by atoms with Crippen LogP contribution in [0.4, 0.5) is 0 Å². The van der Waals surface area contributed by atoms with Crippen molar-refractivity contribution in [3.05, 3.63) is 65.7 Å². The number of hydrogen-bond donors (Lipinski definition) is 2. The lowest BCUT2D eigenvalue weighted by Gasteiger charge is -2.19. The van der Waals surface area contributed by atoms with Crippen molar-refractivity contribution in [2.75, 3.05) is 6.54 Å². The van der Waals surface area contributed by atoms with Gasteiger partial charge in [-0.3, -0.25) is 0 Å². The van der Waals surface area contributed by atoms with Crippen molar-refractivity contribution in [2.24, 2.45) is 0 Å². The first-order chi connectivity index (χ1) is 11.4. The van der Waals surface area contributed by atoms with Crippen molar-refractivity contribution >= 4 is 10.0 Å². The van der Waals surface area contributed by atoms with Gasteiger partial charge in [0.15, 0.2) is 0 Å². The average molecular weight is 347 g/mol. The van der Waals surface area contributed by atoms with Gasteiger partial charge in [-0.25, -0.2) is 13.1 Å². The minimum Gasteiger partial charge on any atom is -0.393 e. The molecule has 0 saturated carbocycles. The summed E-state index contributed by atoms with van der Waals surface area (Å²) in [5.41, 5.74) is 2.12. The minimum absolute atomic E-state index is 0.0732. The molecule has 2 rings (SSSR count). The lowest BCUT2D eigenvalue weighted by Crippen LogP contribution is -2.29. The maximum Gasteiger partial charge on any atom is 0.240 e. The molecule has 0 spiro atoms. The largest absolute Gasteiger partial charge is 0.393 e. The second-order valence-corrected chi connectivity index (χ2v) is 7.81. The third kappa shape index (κ3) is 5.16. The lowest BCUT2D eigenvalue weighted by atomic mass is 9.94. The van der Waals surface area contributed by atoms with Crippen LogP contribution in [0.1, 0.15) is 37.3 Å². The van der Waals surface area contributed by atoms with Gasteiger partial charge in [0.1, 0.15) is 0 Å². The van der Waals surface area contributed by atoms with Crippen LogP contribution < -0.4 is 4.72 Å². The molecule has 2 N–H and O–H groups in total. The van der Waals surface area contributed by atoms with E-state index in [9.17, 15) is 13.5 Å². The molecular weight excluding hydrogens is 322 g/mol. The average Bonchev–Trinajstić information content (AvgIpc) is 2.59. The van der Waals surface area contributed by atoms with Crippen molar-refractivity contribution < 1.29 is 13.5 Å².